The number of rotatable bonds is 5. The lowest BCUT2D eigenvalue weighted by molar-refractivity contribution is -0.117. The van der Waals surface area contributed by atoms with Gasteiger partial charge in [0.05, 0.1) is 23.3 Å². The molecule has 7 heteroatoms. The summed E-state index contributed by atoms with van der Waals surface area (Å²) in [5.74, 6) is -1.31. The molecule has 0 radical (unpaired) electrons. The van der Waals surface area contributed by atoms with E-state index in [0.29, 0.717) is 22.5 Å². The fraction of sp³-hybridized carbons (Fsp3) is 0.143. The van der Waals surface area contributed by atoms with Gasteiger partial charge in [-0.3, -0.25) is 19.4 Å². The van der Waals surface area contributed by atoms with E-state index in [1.54, 1.807) is 31.2 Å². The van der Waals surface area contributed by atoms with Crippen molar-refractivity contribution >= 4 is 34.3 Å². The van der Waals surface area contributed by atoms with Crippen LogP contribution in [0.3, 0.4) is 0 Å². The second-order valence-corrected chi connectivity index (χ2v) is 6.50. The van der Waals surface area contributed by atoms with Crippen molar-refractivity contribution in [3.05, 3.63) is 70.9 Å². The number of carbonyl (C=O) groups excluding carboxylic acids is 3. The summed E-state index contributed by atoms with van der Waals surface area (Å²) in [4.78, 5) is 39.8. The van der Waals surface area contributed by atoms with Crippen molar-refractivity contribution in [1.82, 2.24) is 10.3 Å². The van der Waals surface area contributed by atoms with Gasteiger partial charge in [-0.15, -0.1) is 0 Å². The first-order valence-corrected chi connectivity index (χ1v) is 8.69. The van der Waals surface area contributed by atoms with Crippen molar-refractivity contribution in [1.29, 1.82) is 0 Å². The number of nitrogens with zero attached hydrogens (tertiary/aromatic N) is 1. The Morgan fingerprint density at radius 3 is 2.36 bits per heavy atom. The molecule has 3 rings (SSSR count). The number of carbonyl (C=O) groups is 3. The van der Waals surface area contributed by atoms with Crippen LogP contribution in [-0.4, -0.2) is 29.3 Å². The minimum absolute atomic E-state index is 0.231. The van der Waals surface area contributed by atoms with E-state index in [-0.39, 0.29) is 12.5 Å². The van der Waals surface area contributed by atoms with Crippen molar-refractivity contribution in [2.45, 2.75) is 13.8 Å². The Morgan fingerprint density at radius 2 is 1.68 bits per heavy atom. The van der Waals surface area contributed by atoms with E-state index in [9.17, 15) is 14.4 Å². The predicted octanol–water partition coefficient (Wildman–Crippen LogP) is 2.32. The largest absolute Gasteiger partial charge is 0.368 e. The van der Waals surface area contributed by atoms with Crippen LogP contribution in [0.2, 0.25) is 0 Å². The molecule has 7 nitrogen and oxygen atoms in total. The highest BCUT2D eigenvalue weighted by atomic mass is 16.2. The minimum atomic E-state index is -0.619. The van der Waals surface area contributed by atoms with Crippen LogP contribution in [0.15, 0.2) is 48.5 Å². The SMILES string of the molecule is Cc1ccc2nc(C)c(C(=O)Nc3ccc(C(=O)NCC(N)=O)cc3)cc2c1. The monoisotopic (exact) mass is 376 g/mol. The summed E-state index contributed by atoms with van der Waals surface area (Å²) in [5.41, 5.74) is 8.96. The normalized spacial score (nSPS) is 10.5. The minimum Gasteiger partial charge on any atom is -0.368 e. The number of nitrogens with two attached hydrogens (primary N) is 1. The molecule has 1 aromatic heterocycles. The summed E-state index contributed by atoms with van der Waals surface area (Å²) < 4.78 is 0. The third kappa shape index (κ3) is 4.32. The number of nitrogens with one attached hydrogen (secondary N) is 2. The number of amides is 3. The maximum absolute atomic E-state index is 12.7. The number of pyridine rings is 1. The van der Waals surface area contributed by atoms with Gasteiger partial charge in [0.2, 0.25) is 5.91 Å². The lowest BCUT2D eigenvalue weighted by atomic mass is 10.1. The molecule has 0 saturated carbocycles. The predicted molar refractivity (Wildman–Crippen MR) is 107 cm³/mol. The summed E-state index contributed by atoms with van der Waals surface area (Å²) >= 11 is 0. The van der Waals surface area contributed by atoms with Gasteiger partial charge in [0.15, 0.2) is 0 Å². The molecule has 4 N–H and O–H groups in total. The van der Waals surface area contributed by atoms with Gasteiger partial charge in [0, 0.05) is 16.6 Å². The van der Waals surface area contributed by atoms with Gasteiger partial charge in [-0.05, 0) is 56.3 Å². The number of primary amides is 1. The summed E-state index contributed by atoms with van der Waals surface area (Å²) in [5, 5.41) is 6.11. The van der Waals surface area contributed by atoms with Gasteiger partial charge >= 0.3 is 0 Å². The molecule has 0 fully saturated rings. The van der Waals surface area contributed by atoms with Crippen molar-refractivity contribution in [2.75, 3.05) is 11.9 Å². The number of anilines is 1. The van der Waals surface area contributed by atoms with Crippen molar-refractivity contribution in [3.8, 4) is 0 Å². The Kier molecular flexibility index (Phi) is 5.35. The molecule has 0 unspecified atom stereocenters. The number of hydrogen-bond donors (Lipinski definition) is 3. The van der Waals surface area contributed by atoms with Gasteiger partial charge in [-0.1, -0.05) is 11.6 Å². The van der Waals surface area contributed by atoms with Crippen LogP contribution in [0.5, 0.6) is 0 Å². The van der Waals surface area contributed by atoms with Crippen molar-refractivity contribution in [2.24, 2.45) is 5.73 Å². The molecule has 0 aliphatic rings. The first-order chi connectivity index (χ1) is 13.3. The van der Waals surface area contributed by atoms with Crippen LogP contribution in [0.1, 0.15) is 32.0 Å². The fourth-order valence-corrected chi connectivity index (χ4v) is 2.79. The van der Waals surface area contributed by atoms with Crippen molar-refractivity contribution in [3.63, 3.8) is 0 Å². The molecule has 2 aromatic carbocycles. The fourth-order valence-electron chi connectivity index (χ4n) is 2.79. The van der Waals surface area contributed by atoms with Crippen LogP contribution in [0.25, 0.3) is 10.9 Å². The Bertz CT molecular complexity index is 1070. The lowest BCUT2D eigenvalue weighted by Crippen LogP contribution is -2.33. The first kappa shape index (κ1) is 19.0. The summed E-state index contributed by atoms with van der Waals surface area (Å²) in [7, 11) is 0. The molecule has 0 bridgehead atoms. The van der Waals surface area contributed by atoms with Gasteiger partial charge in [0.1, 0.15) is 0 Å². The van der Waals surface area contributed by atoms with E-state index in [4.69, 9.17) is 5.73 Å². The zero-order chi connectivity index (χ0) is 20.3. The number of aromatic nitrogens is 1. The average Bonchev–Trinajstić information content (AvgIpc) is 2.66. The smallest absolute Gasteiger partial charge is 0.257 e. The molecule has 0 atom stereocenters. The van der Waals surface area contributed by atoms with E-state index >= 15 is 0 Å². The van der Waals surface area contributed by atoms with Gasteiger partial charge in [-0.25, -0.2) is 0 Å². The quantitative estimate of drug-likeness (QED) is 0.634. The van der Waals surface area contributed by atoms with E-state index < -0.39 is 11.8 Å². The maximum Gasteiger partial charge on any atom is 0.257 e. The number of aryl methyl sites for hydroxylation is 2. The first-order valence-electron chi connectivity index (χ1n) is 8.69. The number of benzene rings is 2. The van der Waals surface area contributed by atoms with E-state index in [0.717, 1.165) is 16.5 Å². The van der Waals surface area contributed by atoms with Crippen LogP contribution in [0.4, 0.5) is 5.69 Å². The number of fused-ring (bicyclic) bond motifs is 1. The molecule has 0 saturated heterocycles. The molecular formula is C21H20N4O3. The molecule has 28 heavy (non-hydrogen) atoms. The molecule has 0 aliphatic heterocycles. The van der Waals surface area contributed by atoms with E-state index in [1.807, 2.05) is 31.2 Å². The highest BCUT2D eigenvalue weighted by molar-refractivity contribution is 6.07. The standard InChI is InChI=1S/C21H20N4O3/c1-12-3-8-18-15(9-12)10-17(13(2)24-18)21(28)25-16-6-4-14(5-7-16)20(27)23-11-19(22)26/h3-10H,11H2,1-2H3,(H2,22,26)(H,23,27)(H,25,28). The molecular weight excluding hydrogens is 356 g/mol. The molecule has 3 amide bonds. The summed E-state index contributed by atoms with van der Waals surface area (Å²) in [6.45, 7) is 3.55. The highest BCUT2D eigenvalue weighted by Gasteiger charge is 2.13. The van der Waals surface area contributed by atoms with Crippen LogP contribution < -0.4 is 16.4 Å². The Morgan fingerprint density at radius 1 is 0.964 bits per heavy atom. The van der Waals surface area contributed by atoms with Gasteiger partial charge in [-0.2, -0.15) is 0 Å². The van der Waals surface area contributed by atoms with Gasteiger partial charge < -0.3 is 16.4 Å². The maximum atomic E-state index is 12.7. The van der Waals surface area contributed by atoms with Crippen LogP contribution in [0, 0.1) is 13.8 Å². The molecule has 3 aromatic rings. The Labute approximate surface area is 162 Å². The van der Waals surface area contributed by atoms with E-state index in [2.05, 4.69) is 15.6 Å². The third-order valence-corrected chi connectivity index (χ3v) is 4.23. The van der Waals surface area contributed by atoms with Crippen molar-refractivity contribution < 1.29 is 14.4 Å². The zero-order valence-electron chi connectivity index (χ0n) is 15.6. The topological polar surface area (TPSA) is 114 Å². The van der Waals surface area contributed by atoms with E-state index in [1.165, 1.54) is 0 Å². The molecule has 1 heterocycles. The van der Waals surface area contributed by atoms with Crippen LogP contribution in [-0.2, 0) is 4.79 Å². The molecule has 0 spiro atoms. The number of hydrogen-bond acceptors (Lipinski definition) is 4. The third-order valence-electron chi connectivity index (χ3n) is 4.23. The zero-order valence-corrected chi connectivity index (χ0v) is 15.6. The van der Waals surface area contributed by atoms with Crippen LogP contribution >= 0.6 is 0 Å². The highest BCUT2D eigenvalue weighted by Crippen LogP contribution is 2.19. The molecule has 0 aliphatic carbocycles. The second kappa shape index (κ2) is 7.87. The average molecular weight is 376 g/mol. The summed E-state index contributed by atoms with van der Waals surface area (Å²) in [6, 6.07) is 14.1. The lowest BCUT2D eigenvalue weighted by Gasteiger charge is -2.10. The Balaban J connectivity index is 1.76. The Hall–Kier alpha value is -3.74. The summed E-state index contributed by atoms with van der Waals surface area (Å²) in [6.07, 6.45) is 0. The van der Waals surface area contributed by atoms with Gasteiger partial charge in [0.25, 0.3) is 11.8 Å². The second-order valence-electron chi connectivity index (χ2n) is 6.50. The molecule has 142 valence electrons.